The number of aliphatic hydroxyl groups excluding tert-OH is 1. The maximum absolute atomic E-state index is 14.8. The number of carbonyl (C=O) groups excluding carboxylic acids is 2. The maximum atomic E-state index is 14.8. The number of benzene rings is 2. The molecule has 1 aliphatic heterocycles. The van der Waals surface area contributed by atoms with Gasteiger partial charge in [0.15, 0.2) is 0 Å². The van der Waals surface area contributed by atoms with E-state index < -0.39 is 23.5 Å². The second-order valence-corrected chi connectivity index (χ2v) is 7.40. The fourth-order valence-corrected chi connectivity index (χ4v) is 3.90. The zero-order valence-electron chi connectivity index (χ0n) is 17.4. The zero-order valence-corrected chi connectivity index (χ0v) is 17.4. The van der Waals surface area contributed by atoms with E-state index in [1.165, 1.54) is 30.2 Å². The molecule has 1 aliphatic rings. The van der Waals surface area contributed by atoms with Gasteiger partial charge in [-0.3, -0.25) is 9.59 Å². The van der Waals surface area contributed by atoms with Gasteiger partial charge in [-0.05, 0) is 24.6 Å². The van der Waals surface area contributed by atoms with Gasteiger partial charge in [0.2, 0.25) is 0 Å². The third-order valence-corrected chi connectivity index (χ3v) is 5.46. The Morgan fingerprint density at radius 2 is 1.97 bits per heavy atom. The van der Waals surface area contributed by atoms with E-state index in [9.17, 15) is 19.1 Å². The van der Waals surface area contributed by atoms with E-state index in [1.807, 2.05) is 4.57 Å². The van der Waals surface area contributed by atoms with Crippen molar-refractivity contribution < 1.29 is 23.8 Å². The first kappa shape index (κ1) is 21.3. The number of hydrogen-bond acceptors (Lipinski definition) is 5. The molecule has 0 spiro atoms. The van der Waals surface area contributed by atoms with Crippen LogP contribution in [0.2, 0.25) is 0 Å². The first-order valence-corrected chi connectivity index (χ1v) is 10.1. The van der Waals surface area contributed by atoms with Crippen molar-refractivity contribution >= 4 is 17.4 Å². The molecule has 4 rings (SSSR count). The Bertz CT molecular complexity index is 1170. The zero-order chi connectivity index (χ0) is 22.7. The number of ether oxygens (including phenoxy) is 1. The second-order valence-electron chi connectivity index (χ2n) is 7.40. The molecule has 1 N–H and O–H groups in total. The van der Waals surface area contributed by atoms with E-state index >= 15 is 0 Å². The summed E-state index contributed by atoms with van der Waals surface area (Å²) in [5, 5.41) is 11.0. The lowest BCUT2D eigenvalue weighted by Gasteiger charge is -2.25. The van der Waals surface area contributed by atoms with Gasteiger partial charge in [-0.15, -0.1) is 0 Å². The van der Waals surface area contributed by atoms with Crippen molar-refractivity contribution in [2.45, 2.75) is 19.0 Å². The van der Waals surface area contributed by atoms with Crippen LogP contribution in [0.1, 0.15) is 23.6 Å². The number of ketones is 1. The molecule has 1 atom stereocenters. The molecule has 0 saturated carbocycles. The van der Waals surface area contributed by atoms with E-state index in [4.69, 9.17) is 4.74 Å². The minimum Gasteiger partial charge on any atom is -0.507 e. The number of imidazole rings is 1. The maximum Gasteiger partial charge on any atom is 0.295 e. The lowest BCUT2D eigenvalue weighted by Crippen LogP contribution is -2.31. The van der Waals surface area contributed by atoms with Crippen molar-refractivity contribution in [2.75, 3.05) is 13.7 Å². The Kier molecular flexibility index (Phi) is 6.02. The summed E-state index contributed by atoms with van der Waals surface area (Å²) in [5.74, 6) is -2.07. The highest BCUT2D eigenvalue weighted by atomic mass is 19.1. The van der Waals surface area contributed by atoms with Crippen LogP contribution in [-0.2, 0) is 16.1 Å². The number of hydrogen-bond donors (Lipinski definition) is 1. The number of halogens is 1. The van der Waals surface area contributed by atoms with Gasteiger partial charge in [-0.1, -0.05) is 30.3 Å². The van der Waals surface area contributed by atoms with Crippen molar-refractivity contribution in [3.8, 4) is 5.75 Å². The van der Waals surface area contributed by atoms with Crippen LogP contribution in [0.15, 0.2) is 72.8 Å². The van der Waals surface area contributed by atoms with Crippen LogP contribution < -0.4 is 4.74 Å². The van der Waals surface area contributed by atoms with Gasteiger partial charge in [0.1, 0.15) is 17.3 Å². The molecule has 1 fully saturated rings. The van der Waals surface area contributed by atoms with Crippen molar-refractivity contribution in [2.24, 2.45) is 0 Å². The topological polar surface area (TPSA) is 84.7 Å². The van der Waals surface area contributed by atoms with Crippen molar-refractivity contribution in [3.05, 3.63) is 89.8 Å². The minimum atomic E-state index is -1.04. The summed E-state index contributed by atoms with van der Waals surface area (Å²) in [4.78, 5) is 31.2. The molecule has 3 aromatic rings. The van der Waals surface area contributed by atoms with Gasteiger partial charge in [0.05, 0.1) is 25.1 Å². The van der Waals surface area contributed by atoms with Crippen LogP contribution in [0.3, 0.4) is 0 Å². The molecule has 1 aromatic heterocycles. The van der Waals surface area contributed by atoms with Gasteiger partial charge in [0.25, 0.3) is 11.7 Å². The van der Waals surface area contributed by atoms with E-state index in [-0.39, 0.29) is 23.4 Å². The summed E-state index contributed by atoms with van der Waals surface area (Å²) in [5.41, 5.74) is 0.317. The molecule has 32 heavy (non-hydrogen) atoms. The van der Waals surface area contributed by atoms with Crippen LogP contribution in [-0.4, -0.2) is 44.9 Å². The van der Waals surface area contributed by atoms with E-state index in [2.05, 4.69) is 4.98 Å². The van der Waals surface area contributed by atoms with Gasteiger partial charge < -0.3 is 19.3 Å². The molecular formula is C24H22FN3O4. The SMILES string of the molecule is COc1cccc(/C(O)=C2\C(=O)C(=O)N(CCCn3ccnc3)C2c2ccccc2F)c1. The molecule has 0 aliphatic carbocycles. The molecule has 1 amide bonds. The lowest BCUT2D eigenvalue weighted by molar-refractivity contribution is -0.140. The van der Waals surface area contributed by atoms with Crippen LogP contribution in [0.4, 0.5) is 4.39 Å². The highest BCUT2D eigenvalue weighted by molar-refractivity contribution is 6.46. The highest BCUT2D eigenvalue weighted by Gasteiger charge is 2.46. The van der Waals surface area contributed by atoms with Crippen molar-refractivity contribution in [1.82, 2.24) is 14.5 Å². The smallest absolute Gasteiger partial charge is 0.295 e. The summed E-state index contributed by atoms with van der Waals surface area (Å²) in [7, 11) is 1.48. The predicted molar refractivity (Wildman–Crippen MR) is 115 cm³/mol. The number of rotatable bonds is 7. The molecule has 0 bridgehead atoms. The van der Waals surface area contributed by atoms with Gasteiger partial charge in [0, 0.05) is 36.6 Å². The Morgan fingerprint density at radius 1 is 1.16 bits per heavy atom. The predicted octanol–water partition coefficient (Wildman–Crippen LogP) is 3.54. The Balaban J connectivity index is 1.76. The van der Waals surface area contributed by atoms with Crippen LogP contribution in [0.5, 0.6) is 5.75 Å². The molecule has 8 heteroatoms. The summed E-state index contributed by atoms with van der Waals surface area (Å²) in [6, 6.07) is 11.4. The molecule has 1 saturated heterocycles. The molecular weight excluding hydrogens is 413 g/mol. The number of likely N-dealkylation sites (tertiary alicyclic amines) is 1. The van der Waals surface area contributed by atoms with Gasteiger partial charge in [-0.2, -0.15) is 0 Å². The summed E-state index contributed by atoms with van der Waals surface area (Å²) < 4.78 is 21.8. The number of methoxy groups -OCH3 is 1. The van der Waals surface area contributed by atoms with E-state index in [1.54, 1.807) is 49.1 Å². The molecule has 2 heterocycles. The average Bonchev–Trinajstić information content (AvgIpc) is 3.41. The van der Waals surface area contributed by atoms with Crippen molar-refractivity contribution in [1.29, 1.82) is 0 Å². The summed E-state index contributed by atoms with van der Waals surface area (Å²) in [6.45, 7) is 0.777. The van der Waals surface area contributed by atoms with Crippen molar-refractivity contribution in [3.63, 3.8) is 0 Å². The quantitative estimate of drug-likeness (QED) is 0.349. The molecule has 0 radical (unpaired) electrons. The monoisotopic (exact) mass is 435 g/mol. The average molecular weight is 435 g/mol. The molecule has 1 unspecified atom stereocenters. The normalized spacial score (nSPS) is 17.7. The van der Waals surface area contributed by atoms with Crippen LogP contribution in [0.25, 0.3) is 5.76 Å². The Hall–Kier alpha value is -3.94. The fraction of sp³-hybridized carbons (Fsp3) is 0.208. The number of Topliss-reactive ketones (excluding diaryl/α,β-unsaturated/α-hetero) is 1. The summed E-state index contributed by atoms with van der Waals surface area (Å²) >= 11 is 0. The summed E-state index contributed by atoms with van der Waals surface area (Å²) in [6.07, 6.45) is 5.63. The third-order valence-electron chi connectivity index (χ3n) is 5.46. The van der Waals surface area contributed by atoms with Gasteiger partial charge in [-0.25, -0.2) is 9.37 Å². The molecule has 164 valence electrons. The van der Waals surface area contributed by atoms with Gasteiger partial charge >= 0.3 is 0 Å². The number of aliphatic hydroxyl groups is 1. The van der Waals surface area contributed by atoms with Crippen LogP contribution >= 0.6 is 0 Å². The number of carbonyl (C=O) groups is 2. The molecule has 7 nitrogen and oxygen atoms in total. The Morgan fingerprint density at radius 3 is 2.69 bits per heavy atom. The lowest BCUT2D eigenvalue weighted by atomic mass is 9.95. The third kappa shape index (κ3) is 3.99. The first-order chi connectivity index (χ1) is 15.5. The number of amides is 1. The first-order valence-electron chi connectivity index (χ1n) is 10.1. The largest absolute Gasteiger partial charge is 0.507 e. The Labute approximate surface area is 184 Å². The van der Waals surface area contributed by atoms with E-state index in [0.29, 0.717) is 24.3 Å². The number of aryl methyl sites for hydroxylation is 1. The van der Waals surface area contributed by atoms with Crippen LogP contribution in [0, 0.1) is 5.82 Å². The second kappa shape index (κ2) is 9.05. The minimum absolute atomic E-state index is 0.143. The molecule has 2 aromatic carbocycles. The fourth-order valence-electron chi connectivity index (χ4n) is 3.90. The number of aromatic nitrogens is 2. The number of nitrogens with zero attached hydrogens (tertiary/aromatic N) is 3. The highest BCUT2D eigenvalue weighted by Crippen LogP contribution is 2.40. The standard InChI is InChI=1S/C24H22FN3O4/c1-32-17-7-4-6-16(14-17)22(29)20-21(18-8-2-3-9-19(18)25)28(24(31)23(20)30)12-5-11-27-13-10-26-15-27/h2-4,6-10,13-15,21,29H,5,11-12H2,1H3/b22-20+. The van der Waals surface area contributed by atoms with E-state index in [0.717, 1.165) is 0 Å².